The first-order chi connectivity index (χ1) is 16.1. The number of hydrogen-bond acceptors (Lipinski definition) is 3. The minimum absolute atomic E-state index is 0.0617. The molecule has 7 nitrogen and oxygen atoms in total. The quantitative estimate of drug-likeness (QED) is 0.733. The lowest BCUT2D eigenvalue weighted by Crippen LogP contribution is -2.47. The van der Waals surface area contributed by atoms with Crippen molar-refractivity contribution in [3.05, 3.63) is 60.2 Å². The number of nitrogens with one attached hydrogen (secondary N) is 2. The van der Waals surface area contributed by atoms with E-state index < -0.39 is 0 Å². The van der Waals surface area contributed by atoms with E-state index in [1.54, 1.807) is 7.11 Å². The smallest absolute Gasteiger partial charge is 0.321 e. The first-order valence-electron chi connectivity index (χ1n) is 11.9. The fourth-order valence-corrected chi connectivity index (χ4v) is 5.32. The lowest BCUT2D eigenvalue weighted by atomic mass is 9.78. The maximum atomic E-state index is 12.9. The molecule has 7 heteroatoms. The average molecular weight is 449 g/mol. The zero-order chi connectivity index (χ0) is 22.8. The summed E-state index contributed by atoms with van der Waals surface area (Å²) in [5, 5.41) is 6.20. The van der Waals surface area contributed by atoms with Gasteiger partial charge in [0.2, 0.25) is 0 Å². The molecule has 1 aliphatic carbocycles. The molecule has 2 atom stereocenters. The van der Waals surface area contributed by atoms with Crippen molar-refractivity contribution in [1.82, 2.24) is 15.1 Å². The summed E-state index contributed by atoms with van der Waals surface area (Å²) >= 11 is 0. The highest BCUT2D eigenvalue weighted by Crippen LogP contribution is 2.43. The number of hydrogen-bond donors (Lipinski definition) is 2. The highest BCUT2D eigenvalue weighted by atomic mass is 16.5. The Labute approximate surface area is 195 Å². The van der Waals surface area contributed by atoms with Crippen molar-refractivity contribution in [1.29, 1.82) is 0 Å². The van der Waals surface area contributed by atoms with Gasteiger partial charge in [0.15, 0.2) is 0 Å². The van der Waals surface area contributed by atoms with Gasteiger partial charge >= 0.3 is 12.1 Å². The number of methoxy groups -OCH3 is 1. The number of ether oxygens (including phenoxy) is 1. The minimum atomic E-state index is -0.0948. The van der Waals surface area contributed by atoms with Crippen LogP contribution in [-0.4, -0.2) is 61.2 Å². The summed E-state index contributed by atoms with van der Waals surface area (Å²) in [7, 11) is 1.60. The Kier molecular flexibility index (Phi) is 5.87. The van der Waals surface area contributed by atoms with E-state index in [-0.39, 0.29) is 23.5 Å². The number of anilines is 1. The molecule has 3 fully saturated rings. The van der Waals surface area contributed by atoms with Gasteiger partial charge in [0.05, 0.1) is 12.8 Å². The van der Waals surface area contributed by atoms with Gasteiger partial charge in [-0.25, -0.2) is 9.59 Å². The maximum Gasteiger partial charge on any atom is 0.321 e. The highest BCUT2D eigenvalue weighted by Gasteiger charge is 2.45. The van der Waals surface area contributed by atoms with E-state index in [4.69, 9.17) is 4.74 Å². The Morgan fingerprint density at radius 1 is 0.909 bits per heavy atom. The SMILES string of the molecule is COc1ccccc1NC(=O)N1CCC2(CC1)CCN(C(=O)N[C@@H]1C[C@H]1c1ccccc1)C2. The Morgan fingerprint density at radius 2 is 1.58 bits per heavy atom. The van der Waals surface area contributed by atoms with E-state index >= 15 is 0 Å². The first kappa shape index (κ1) is 21.6. The van der Waals surface area contributed by atoms with Gasteiger partial charge in [-0.3, -0.25) is 0 Å². The molecule has 0 bridgehead atoms. The molecular formula is C26H32N4O3. The fourth-order valence-electron chi connectivity index (χ4n) is 5.32. The Morgan fingerprint density at radius 3 is 2.30 bits per heavy atom. The summed E-state index contributed by atoms with van der Waals surface area (Å²) in [6.45, 7) is 2.98. The number of nitrogens with zero attached hydrogens (tertiary/aromatic N) is 2. The average Bonchev–Trinajstić information content (AvgIpc) is 3.50. The van der Waals surface area contributed by atoms with Crippen LogP contribution in [0.4, 0.5) is 15.3 Å². The summed E-state index contributed by atoms with van der Waals surface area (Å²) in [5.74, 6) is 1.10. The maximum absolute atomic E-state index is 12.9. The predicted octanol–water partition coefficient (Wildman–Crippen LogP) is 4.28. The molecule has 33 heavy (non-hydrogen) atoms. The number of carbonyl (C=O) groups excluding carboxylic acids is 2. The summed E-state index contributed by atoms with van der Waals surface area (Å²) in [6, 6.07) is 18.1. The summed E-state index contributed by atoms with van der Waals surface area (Å²) in [5.41, 5.74) is 2.11. The molecule has 2 aromatic rings. The van der Waals surface area contributed by atoms with Crippen molar-refractivity contribution in [2.75, 3.05) is 38.6 Å². The molecule has 2 N–H and O–H groups in total. The molecule has 1 saturated carbocycles. The van der Waals surface area contributed by atoms with Gasteiger partial charge in [0.1, 0.15) is 5.75 Å². The minimum Gasteiger partial charge on any atom is -0.495 e. The first-order valence-corrected chi connectivity index (χ1v) is 11.9. The monoisotopic (exact) mass is 448 g/mol. The second-order valence-corrected chi connectivity index (χ2v) is 9.60. The van der Waals surface area contributed by atoms with Crippen LogP contribution in [0.5, 0.6) is 5.75 Å². The van der Waals surface area contributed by atoms with Gasteiger partial charge in [-0.2, -0.15) is 0 Å². The molecule has 2 heterocycles. The van der Waals surface area contributed by atoms with E-state index in [0.29, 0.717) is 30.4 Å². The van der Waals surface area contributed by atoms with Gasteiger partial charge in [-0.15, -0.1) is 0 Å². The Balaban J connectivity index is 1.10. The second kappa shape index (κ2) is 8.96. The summed E-state index contributed by atoms with van der Waals surface area (Å²) in [4.78, 5) is 29.5. The van der Waals surface area contributed by atoms with Crippen LogP contribution in [0.25, 0.3) is 0 Å². The molecule has 1 spiro atoms. The molecule has 4 amide bonds. The van der Waals surface area contributed by atoms with Crippen LogP contribution in [0.3, 0.4) is 0 Å². The van der Waals surface area contributed by atoms with Crippen molar-refractivity contribution in [2.24, 2.45) is 5.41 Å². The number of benzene rings is 2. The van der Waals surface area contributed by atoms with Gasteiger partial charge in [0.25, 0.3) is 0 Å². The van der Waals surface area contributed by atoms with Gasteiger partial charge in [0, 0.05) is 38.1 Å². The Bertz CT molecular complexity index is 1000. The summed E-state index contributed by atoms with van der Waals surface area (Å²) < 4.78 is 5.33. The molecule has 2 aromatic carbocycles. The van der Waals surface area contributed by atoms with Crippen LogP contribution in [0, 0.1) is 5.41 Å². The van der Waals surface area contributed by atoms with Gasteiger partial charge in [-0.1, -0.05) is 42.5 Å². The largest absolute Gasteiger partial charge is 0.495 e. The standard InChI is InChI=1S/C26H32N4O3/c1-33-23-10-6-5-9-21(23)27-24(31)29-14-11-26(12-15-29)13-16-30(18-26)25(32)28-22-17-20(22)19-7-3-2-4-8-19/h2-10,20,22H,11-18H2,1H3,(H,27,31)(H,28,32)/t20-,22+/m0/s1. The van der Waals surface area contributed by atoms with Crippen molar-refractivity contribution >= 4 is 17.7 Å². The lowest BCUT2D eigenvalue weighted by Gasteiger charge is -2.39. The number of urea groups is 2. The topological polar surface area (TPSA) is 73.9 Å². The molecule has 3 aliphatic rings. The zero-order valence-corrected chi connectivity index (χ0v) is 19.1. The predicted molar refractivity (Wildman–Crippen MR) is 128 cm³/mol. The zero-order valence-electron chi connectivity index (χ0n) is 19.1. The van der Waals surface area contributed by atoms with E-state index in [1.807, 2.05) is 40.1 Å². The van der Waals surface area contributed by atoms with Gasteiger partial charge in [-0.05, 0) is 48.8 Å². The van der Waals surface area contributed by atoms with Crippen LogP contribution < -0.4 is 15.4 Å². The Hall–Kier alpha value is -3.22. The molecule has 0 aromatic heterocycles. The molecule has 0 radical (unpaired) electrons. The number of amides is 4. The number of rotatable bonds is 4. The van der Waals surface area contributed by atoms with Crippen molar-refractivity contribution in [3.63, 3.8) is 0 Å². The number of para-hydroxylation sites is 2. The van der Waals surface area contributed by atoms with Gasteiger partial charge < -0.3 is 25.2 Å². The molecule has 0 unspecified atom stereocenters. The molecule has 174 valence electrons. The van der Waals surface area contributed by atoms with E-state index in [0.717, 1.165) is 38.8 Å². The summed E-state index contributed by atoms with van der Waals surface area (Å²) in [6.07, 6.45) is 3.87. The van der Waals surface area contributed by atoms with Crippen LogP contribution in [0.2, 0.25) is 0 Å². The third kappa shape index (κ3) is 4.63. The third-order valence-electron chi connectivity index (χ3n) is 7.51. The molecule has 2 saturated heterocycles. The van der Waals surface area contributed by atoms with Crippen LogP contribution >= 0.6 is 0 Å². The fraction of sp³-hybridized carbons (Fsp3) is 0.462. The molecular weight excluding hydrogens is 416 g/mol. The van der Waals surface area contributed by atoms with Crippen LogP contribution in [0.1, 0.15) is 37.2 Å². The number of piperidine rings is 1. The third-order valence-corrected chi connectivity index (χ3v) is 7.51. The molecule has 2 aliphatic heterocycles. The normalized spacial score (nSPS) is 23.3. The molecule has 5 rings (SSSR count). The second-order valence-electron chi connectivity index (χ2n) is 9.60. The number of carbonyl (C=O) groups is 2. The van der Waals surface area contributed by atoms with Crippen molar-refractivity contribution < 1.29 is 14.3 Å². The van der Waals surface area contributed by atoms with E-state index in [2.05, 4.69) is 34.9 Å². The van der Waals surface area contributed by atoms with E-state index in [9.17, 15) is 9.59 Å². The van der Waals surface area contributed by atoms with E-state index in [1.165, 1.54) is 5.56 Å². The van der Waals surface area contributed by atoms with Crippen molar-refractivity contribution in [3.8, 4) is 5.75 Å². The number of likely N-dealkylation sites (tertiary alicyclic amines) is 2. The van der Waals surface area contributed by atoms with Crippen LogP contribution in [0.15, 0.2) is 54.6 Å². The lowest BCUT2D eigenvalue weighted by molar-refractivity contribution is 0.127. The van der Waals surface area contributed by atoms with Crippen LogP contribution in [-0.2, 0) is 0 Å². The van der Waals surface area contributed by atoms with Crippen molar-refractivity contribution in [2.45, 2.75) is 37.6 Å². The highest BCUT2D eigenvalue weighted by molar-refractivity contribution is 5.91.